The number of phenols is 2. The maximum Gasteiger partial charge on any atom is 0.157 e. The van der Waals surface area contributed by atoms with Crippen LogP contribution in [0.2, 0.25) is 0 Å². The molecule has 0 aromatic heterocycles. The molecule has 1 unspecified atom stereocenters. The lowest BCUT2D eigenvalue weighted by atomic mass is 9.69. The van der Waals surface area contributed by atoms with Crippen molar-refractivity contribution in [2.75, 3.05) is 0 Å². The molecule has 0 amide bonds. The number of aromatic hydroxyl groups is 2. The number of phenolic OH excluding ortho intramolecular Hbond substituents is 2. The first-order chi connectivity index (χ1) is 8.00. The topological polar surface area (TPSA) is 40.5 Å². The molecule has 0 heterocycles. The Morgan fingerprint density at radius 3 is 1.89 bits per heavy atom. The lowest BCUT2D eigenvalue weighted by molar-refractivity contribution is 0.228. The van der Waals surface area contributed by atoms with Crippen molar-refractivity contribution < 1.29 is 10.2 Å². The zero-order valence-corrected chi connectivity index (χ0v) is 12.4. The first-order valence-corrected chi connectivity index (χ1v) is 6.52. The maximum absolute atomic E-state index is 9.66. The van der Waals surface area contributed by atoms with Gasteiger partial charge in [-0.3, -0.25) is 0 Å². The molecule has 2 N–H and O–H groups in total. The molecule has 1 aromatic carbocycles. The average Bonchev–Trinajstić information content (AvgIpc) is 2.16. The van der Waals surface area contributed by atoms with Crippen LogP contribution in [-0.4, -0.2) is 10.2 Å². The Morgan fingerprint density at radius 1 is 0.944 bits per heavy atom. The van der Waals surface area contributed by atoms with Gasteiger partial charge in [0.05, 0.1) is 0 Å². The third-order valence-electron chi connectivity index (χ3n) is 3.26. The molecule has 102 valence electrons. The van der Waals surface area contributed by atoms with E-state index >= 15 is 0 Å². The molecule has 0 saturated heterocycles. The van der Waals surface area contributed by atoms with Crippen molar-refractivity contribution in [2.45, 2.75) is 53.9 Å². The van der Waals surface area contributed by atoms with Crippen LogP contribution in [0.5, 0.6) is 11.5 Å². The molecule has 2 nitrogen and oxygen atoms in total. The third kappa shape index (κ3) is 3.94. The van der Waals surface area contributed by atoms with Crippen molar-refractivity contribution in [2.24, 2.45) is 10.8 Å². The molecule has 1 aromatic rings. The predicted molar refractivity (Wildman–Crippen MR) is 76.0 cm³/mol. The van der Waals surface area contributed by atoms with Gasteiger partial charge in [0.1, 0.15) is 0 Å². The molecule has 0 aliphatic carbocycles. The highest BCUT2D eigenvalue weighted by Crippen LogP contribution is 2.44. The summed E-state index contributed by atoms with van der Waals surface area (Å²) in [4.78, 5) is 0. The Balaban J connectivity index is 3.14. The molecule has 0 saturated carbocycles. The van der Waals surface area contributed by atoms with Crippen molar-refractivity contribution >= 4 is 0 Å². The van der Waals surface area contributed by atoms with Gasteiger partial charge in [-0.1, -0.05) is 47.6 Å². The van der Waals surface area contributed by atoms with E-state index in [0.717, 1.165) is 12.0 Å². The number of hydrogen-bond acceptors (Lipinski definition) is 2. The summed E-state index contributed by atoms with van der Waals surface area (Å²) in [6.07, 6.45) is 1.04. The molecule has 2 heteroatoms. The first kappa shape index (κ1) is 14.9. The van der Waals surface area contributed by atoms with Gasteiger partial charge in [-0.05, 0) is 40.9 Å². The van der Waals surface area contributed by atoms with E-state index in [9.17, 15) is 10.2 Å². The largest absolute Gasteiger partial charge is 0.504 e. The molecule has 0 aliphatic heterocycles. The highest BCUT2D eigenvalue weighted by Gasteiger charge is 2.30. The Hall–Kier alpha value is -1.18. The van der Waals surface area contributed by atoms with Crippen LogP contribution in [0.1, 0.15) is 59.4 Å². The first-order valence-electron chi connectivity index (χ1n) is 6.52. The summed E-state index contributed by atoms with van der Waals surface area (Å²) >= 11 is 0. The van der Waals surface area contributed by atoms with Gasteiger partial charge in [-0.15, -0.1) is 0 Å². The number of hydrogen-bond donors (Lipinski definition) is 2. The van der Waals surface area contributed by atoms with Crippen LogP contribution in [0, 0.1) is 10.8 Å². The summed E-state index contributed by atoms with van der Waals surface area (Å²) in [5.41, 5.74) is 1.44. The predicted octanol–water partition coefficient (Wildman–Crippen LogP) is 4.66. The fraction of sp³-hybridized carbons (Fsp3) is 0.625. The monoisotopic (exact) mass is 250 g/mol. The van der Waals surface area contributed by atoms with E-state index in [1.807, 2.05) is 6.07 Å². The van der Waals surface area contributed by atoms with E-state index in [0.29, 0.717) is 5.92 Å². The molecule has 18 heavy (non-hydrogen) atoms. The highest BCUT2D eigenvalue weighted by molar-refractivity contribution is 5.42. The van der Waals surface area contributed by atoms with Gasteiger partial charge in [0.2, 0.25) is 0 Å². The normalized spacial score (nSPS) is 14.6. The van der Waals surface area contributed by atoms with E-state index in [1.165, 1.54) is 0 Å². The van der Waals surface area contributed by atoms with Crippen LogP contribution >= 0.6 is 0 Å². The molecule has 0 radical (unpaired) electrons. The molecule has 1 atom stereocenters. The van der Waals surface area contributed by atoms with Crippen molar-refractivity contribution in [3.05, 3.63) is 23.8 Å². The SMILES string of the molecule is CC(C)(C)CC(c1ccc(O)c(O)c1)C(C)(C)C. The van der Waals surface area contributed by atoms with Gasteiger partial charge in [-0.2, -0.15) is 0 Å². The van der Waals surface area contributed by atoms with Gasteiger partial charge in [0.15, 0.2) is 11.5 Å². The van der Waals surface area contributed by atoms with Crippen LogP contribution in [-0.2, 0) is 0 Å². The average molecular weight is 250 g/mol. The van der Waals surface area contributed by atoms with Crippen molar-refractivity contribution in [3.8, 4) is 11.5 Å². The van der Waals surface area contributed by atoms with E-state index in [-0.39, 0.29) is 22.3 Å². The minimum atomic E-state index is -0.0535. The summed E-state index contributed by atoms with van der Waals surface area (Å²) in [7, 11) is 0. The second-order valence-corrected chi connectivity index (χ2v) is 7.43. The highest BCUT2D eigenvalue weighted by atomic mass is 16.3. The second-order valence-electron chi connectivity index (χ2n) is 7.43. The molecule has 1 rings (SSSR count). The van der Waals surface area contributed by atoms with E-state index in [4.69, 9.17) is 0 Å². The van der Waals surface area contributed by atoms with Crippen LogP contribution < -0.4 is 0 Å². The van der Waals surface area contributed by atoms with Gasteiger partial charge in [-0.25, -0.2) is 0 Å². The summed E-state index contributed by atoms with van der Waals surface area (Å²) in [6, 6.07) is 5.18. The second kappa shape index (κ2) is 4.83. The molecular formula is C16H26O2. The van der Waals surface area contributed by atoms with Crippen LogP contribution in [0.4, 0.5) is 0 Å². The Morgan fingerprint density at radius 2 is 1.50 bits per heavy atom. The van der Waals surface area contributed by atoms with Crippen molar-refractivity contribution in [1.29, 1.82) is 0 Å². The van der Waals surface area contributed by atoms with Crippen molar-refractivity contribution in [1.82, 2.24) is 0 Å². The fourth-order valence-electron chi connectivity index (χ4n) is 2.29. The lowest BCUT2D eigenvalue weighted by Crippen LogP contribution is -2.23. The molecule has 0 aliphatic rings. The summed E-state index contributed by atoms with van der Waals surface area (Å²) in [6.45, 7) is 13.3. The molecule has 0 spiro atoms. The minimum absolute atomic E-state index is 0.0318. The quantitative estimate of drug-likeness (QED) is 0.749. The van der Waals surface area contributed by atoms with Gasteiger partial charge in [0.25, 0.3) is 0 Å². The number of rotatable bonds is 2. The summed E-state index contributed by atoms with van der Waals surface area (Å²) in [5.74, 6) is 0.266. The standard InChI is InChI=1S/C16H26O2/c1-15(2,3)10-12(16(4,5)6)11-7-8-13(17)14(18)9-11/h7-9,12,17-18H,10H2,1-6H3. The Bertz CT molecular complexity index is 408. The van der Waals surface area contributed by atoms with Crippen LogP contribution in [0.3, 0.4) is 0 Å². The van der Waals surface area contributed by atoms with Crippen molar-refractivity contribution in [3.63, 3.8) is 0 Å². The van der Waals surface area contributed by atoms with Gasteiger partial charge in [0, 0.05) is 0 Å². The summed E-state index contributed by atoms with van der Waals surface area (Å²) < 4.78 is 0. The fourth-order valence-corrected chi connectivity index (χ4v) is 2.29. The van der Waals surface area contributed by atoms with E-state index < -0.39 is 0 Å². The lowest BCUT2D eigenvalue weighted by Gasteiger charge is -2.36. The van der Waals surface area contributed by atoms with E-state index in [1.54, 1.807) is 12.1 Å². The minimum Gasteiger partial charge on any atom is -0.504 e. The molecular weight excluding hydrogens is 224 g/mol. The van der Waals surface area contributed by atoms with Gasteiger partial charge >= 0.3 is 0 Å². The molecule has 0 fully saturated rings. The van der Waals surface area contributed by atoms with Crippen LogP contribution in [0.15, 0.2) is 18.2 Å². The van der Waals surface area contributed by atoms with Crippen LogP contribution in [0.25, 0.3) is 0 Å². The smallest absolute Gasteiger partial charge is 0.157 e. The summed E-state index contributed by atoms with van der Waals surface area (Å²) in [5, 5.41) is 19.1. The molecule has 0 bridgehead atoms. The van der Waals surface area contributed by atoms with Gasteiger partial charge < -0.3 is 10.2 Å². The Kier molecular flexibility index (Phi) is 3.99. The maximum atomic E-state index is 9.66. The third-order valence-corrected chi connectivity index (χ3v) is 3.26. The van der Waals surface area contributed by atoms with E-state index in [2.05, 4.69) is 41.5 Å². The zero-order chi connectivity index (χ0) is 14.1. The Labute approximate surface area is 111 Å². The number of benzene rings is 1. The zero-order valence-electron chi connectivity index (χ0n) is 12.4.